The van der Waals surface area contributed by atoms with Crippen LogP contribution in [0.15, 0.2) is 72.3 Å². The third-order valence-electron chi connectivity index (χ3n) is 6.82. The van der Waals surface area contributed by atoms with Crippen LogP contribution in [-0.4, -0.2) is 35.9 Å². The summed E-state index contributed by atoms with van der Waals surface area (Å²) in [6.07, 6.45) is 0. The lowest BCUT2D eigenvalue weighted by molar-refractivity contribution is -0.132. The highest BCUT2D eigenvalue weighted by Gasteiger charge is 2.47. The third-order valence-corrected chi connectivity index (χ3v) is 6.82. The molecule has 2 N–H and O–H groups in total. The van der Waals surface area contributed by atoms with Crippen LogP contribution < -0.4 is 19.7 Å². The molecule has 0 radical (unpaired) electrons. The summed E-state index contributed by atoms with van der Waals surface area (Å²) in [5, 5.41) is 14.2. The van der Waals surface area contributed by atoms with Crippen LogP contribution in [0.1, 0.15) is 50.4 Å². The van der Waals surface area contributed by atoms with Crippen molar-refractivity contribution in [1.82, 2.24) is 0 Å². The van der Waals surface area contributed by atoms with Gasteiger partial charge in [0.1, 0.15) is 19.0 Å². The fourth-order valence-electron chi connectivity index (χ4n) is 4.83. The van der Waals surface area contributed by atoms with Gasteiger partial charge in [-0.05, 0) is 59.0 Å². The summed E-state index contributed by atoms with van der Waals surface area (Å²) in [6.45, 7) is 8.52. The van der Waals surface area contributed by atoms with Crippen molar-refractivity contribution in [3.63, 3.8) is 0 Å². The first-order valence-electron chi connectivity index (χ1n) is 12.7. The largest absolute Gasteiger partial charge is 0.507 e. The first-order valence-corrected chi connectivity index (χ1v) is 12.7. The molecule has 0 saturated carbocycles. The van der Waals surface area contributed by atoms with E-state index in [1.165, 1.54) is 11.8 Å². The highest BCUT2D eigenvalue weighted by atomic mass is 16.6. The molecular weight excluding hydrogens is 496 g/mol. The first kappa shape index (κ1) is 26.0. The maximum atomic E-state index is 13.5. The van der Waals surface area contributed by atoms with Crippen molar-refractivity contribution < 1.29 is 29.0 Å². The molecule has 1 fully saturated rings. The van der Waals surface area contributed by atoms with Crippen LogP contribution >= 0.6 is 0 Å². The number of benzene rings is 3. The average molecular weight is 527 g/mol. The van der Waals surface area contributed by atoms with E-state index in [4.69, 9.17) is 9.47 Å². The molecule has 1 unspecified atom stereocenters. The van der Waals surface area contributed by atoms with E-state index >= 15 is 0 Å². The average Bonchev–Trinajstić information content (AvgIpc) is 3.18. The van der Waals surface area contributed by atoms with Crippen molar-refractivity contribution in [1.29, 1.82) is 0 Å². The van der Waals surface area contributed by atoms with Gasteiger partial charge in [-0.15, -0.1) is 0 Å². The molecule has 1 atom stereocenters. The number of carbonyl (C=O) groups excluding carboxylic acids is 3. The van der Waals surface area contributed by atoms with E-state index in [1.54, 1.807) is 42.5 Å². The van der Waals surface area contributed by atoms with Gasteiger partial charge in [0.05, 0.1) is 11.6 Å². The summed E-state index contributed by atoms with van der Waals surface area (Å²) in [7, 11) is 0. The summed E-state index contributed by atoms with van der Waals surface area (Å²) < 4.78 is 11.2. The van der Waals surface area contributed by atoms with Gasteiger partial charge in [0.15, 0.2) is 11.5 Å². The van der Waals surface area contributed by atoms with Crippen LogP contribution in [-0.2, 0) is 19.8 Å². The topological polar surface area (TPSA) is 105 Å². The lowest BCUT2D eigenvalue weighted by atomic mass is 9.85. The second-order valence-electron chi connectivity index (χ2n) is 10.6. The lowest BCUT2D eigenvalue weighted by Crippen LogP contribution is -2.29. The van der Waals surface area contributed by atoms with Gasteiger partial charge < -0.3 is 19.9 Å². The van der Waals surface area contributed by atoms with Crippen molar-refractivity contribution in [3.05, 3.63) is 89.0 Å². The molecule has 0 aromatic heterocycles. The Morgan fingerprint density at radius 1 is 0.923 bits per heavy atom. The Hall–Kier alpha value is -4.59. The number of aliphatic hydroxyl groups excluding tert-OH is 1. The molecule has 0 aliphatic carbocycles. The zero-order chi connectivity index (χ0) is 27.9. The molecule has 2 aliphatic rings. The fraction of sp³-hybridized carbons (Fsp3) is 0.258. The van der Waals surface area contributed by atoms with Gasteiger partial charge in [-0.2, -0.15) is 0 Å². The lowest BCUT2D eigenvalue weighted by Gasteiger charge is -2.27. The maximum absolute atomic E-state index is 13.5. The highest BCUT2D eigenvalue weighted by molar-refractivity contribution is 6.51. The summed E-state index contributed by atoms with van der Waals surface area (Å²) in [4.78, 5) is 39.8. The number of aliphatic hydroxyl groups is 1. The molecule has 1 saturated heterocycles. The number of carbonyl (C=O) groups is 3. The second kappa shape index (κ2) is 9.94. The molecule has 3 aromatic rings. The number of nitrogens with one attached hydrogen (secondary N) is 1. The number of hydrogen-bond acceptors (Lipinski definition) is 6. The Labute approximate surface area is 226 Å². The van der Waals surface area contributed by atoms with Gasteiger partial charge in [-0.3, -0.25) is 19.3 Å². The molecule has 0 spiro atoms. The van der Waals surface area contributed by atoms with Crippen LogP contribution in [0.4, 0.5) is 11.4 Å². The molecular formula is C31H30N2O6. The number of fused-ring (bicyclic) bond motifs is 1. The monoisotopic (exact) mass is 526 g/mol. The van der Waals surface area contributed by atoms with Crippen molar-refractivity contribution in [3.8, 4) is 11.5 Å². The number of nitrogens with zero attached hydrogens (tertiary/aromatic N) is 1. The molecule has 5 rings (SSSR count). The van der Waals surface area contributed by atoms with Gasteiger partial charge in [0.2, 0.25) is 5.91 Å². The molecule has 0 bridgehead atoms. The van der Waals surface area contributed by atoms with E-state index in [1.807, 2.05) is 24.3 Å². The van der Waals surface area contributed by atoms with Gasteiger partial charge >= 0.3 is 0 Å². The molecule has 2 amide bonds. The fourth-order valence-corrected chi connectivity index (χ4v) is 4.83. The Kier molecular flexibility index (Phi) is 6.64. The van der Waals surface area contributed by atoms with Crippen LogP contribution in [0, 0.1) is 0 Å². The van der Waals surface area contributed by atoms with Crippen molar-refractivity contribution in [2.24, 2.45) is 0 Å². The van der Waals surface area contributed by atoms with Crippen LogP contribution in [0.3, 0.4) is 0 Å². The van der Waals surface area contributed by atoms with E-state index in [0.29, 0.717) is 47.2 Å². The van der Waals surface area contributed by atoms with Crippen LogP contribution in [0.5, 0.6) is 11.5 Å². The standard InChI is InChI=1S/C31H30N2O6/c1-18(34)32-22-10-12-23(13-11-22)33-27(19-5-8-21(9-6-19)31(2,3)4)26(29(36)30(33)37)28(35)20-7-14-24-25(17-20)39-16-15-38-24/h5-14,17,27,35H,15-16H2,1-4H3,(H,32,34)/b28-26-. The Balaban J connectivity index is 1.64. The zero-order valence-corrected chi connectivity index (χ0v) is 22.3. The van der Waals surface area contributed by atoms with Gasteiger partial charge in [0.25, 0.3) is 11.7 Å². The Morgan fingerprint density at radius 3 is 2.18 bits per heavy atom. The maximum Gasteiger partial charge on any atom is 0.300 e. The summed E-state index contributed by atoms with van der Waals surface area (Å²) in [6, 6.07) is 18.4. The summed E-state index contributed by atoms with van der Waals surface area (Å²) >= 11 is 0. The van der Waals surface area contributed by atoms with Crippen molar-refractivity contribution in [2.75, 3.05) is 23.4 Å². The highest BCUT2D eigenvalue weighted by Crippen LogP contribution is 2.43. The van der Waals surface area contributed by atoms with Gasteiger partial charge in [0, 0.05) is 23.9 Å². The predicted molar refractivity (Wildman–Crippen MR) is 148 cm³/mol. The predicted octanol–water partition coefficient (Wildman–Crippen LogP) is 5.34. The van der Waals surface area contributed by atoms with Gasteiger partial charge in [-0.1, -0.05) is 45.0 Å². The number of anilines is 2. The summed E-state index contributed by atoms with van der Waals surface area (Å²) in [5.74, 6) is -1.07. The van der Waals surface area contributed by atoms with Gasteiger partial charge in [-0.25, -0.2) is 0 Å². The number of ketones is 1. The molecule has 3 aromatic carbocycles. The summed E-state index contributed by atoms with van der Waals surface area (Å²) in [5.41, 5.74) is 3.01. The molecule has 8 heteroatoms. The minimum Gasteiger partial charge on any atom is -0.507 e. The van der Waals surface area contributed by atoms with Crippen LogP contribution in [0.25, 0.3) is 5.76 Å². The molecule has 2 aliphatic heterocycles. The number of hydrogen-bond donors (Lipinski definition) is 2. The number of ether oxygens (including phenoxy) is 2. The SMILES string of the molecule is CC(=O)Nc1ccc(N2C(=O)C(=O)/C(=C(\O)c3ccc4c(c3)OCCO4)C2c2ccc(C(C)(C)C)cc2)cc1. The van der Waals surface area contributed by atoms with E-state index in [9.17, 15) is 19.5 Å². The quantitative estimate of drug-likeness (QED) is 0.270. The molecule has 39 heavy (non-hydrogen) atoms. The minimum atomic E-state index is -0.876. The Bertz CT molecular complexity index is 1480. The van der Waals surface area contributed by atoms with Crippen LogP contribution in [0.2, 0.25) is 0 Å². The third kappa shape index (κ3) is 4.97. The number of rotatable bonds is 4. The van der Waals surface area contributed by atoms with E-state index < -0.39 is 17.7 Å². The molecule has 8 nitrogen and oxygen atoms in total. The molecule has 2 heterocycles. The smallest absolute Gasteiger partial charge is 0.300 e. The van der Waals surface area contributed by atoms with E-state index in [-0.39, 0.29) is 22.7 Å². The normalized spacial score (nSPS) is 18.3. The first-order chi connectivity index (χ1) is 18.5. The number of amides is 2. The Morgan fingerprint density at radius 2 is 1.56 bits per heavy atom. The minimum absolute atomic E-state index is 0.0221. The molecule has 200 valence electrons. The number of Topliss-reactive ketones (excluding diaryl/α,β-unsaturated/α-hetero) is 1. The zero-order valence-electron chi connectivity index (χ0n) is 22.3. The van der Waals surface area contributed by atoms with E-state index in [2.05, 4.69) is 26.1 Å². The second-order valence-corrected chi connectivity index (χ2v) is 10.6. The van der Waals surface area contributed by atoms with Crippen molar-refractivity contribution >= 4 is 34.7 Å². The van der Waals surface area contributed by atoms with Crippen molar-refractivity contribution in [2.45, 2.75) is 39.2 Å². The van der Waals surface area contributed by atoms with E-state index in [0.717, 1.165) is 5.56 Å².